The predicted octanol–water partition coefficient (Wildman–Crippen LogP) is 2.44. The lowest BCUT2D eigenvalue weighted by atomic mass is 10.0. The Hall–Kier alpha value is -2.08. The molecule has 1 aromatic rings. The molecule has 1 aliphatic heterocycles. The van der Waals surface area contributed by atoms with Crippen molar-refractivity contribution in [2.75, 3.05) is 26.7 Å². The second-order valence-electron chi connectivity index (χ2n) is 7.60. The molecule has 6 nitrogen and oxygen atoms in total. The van der Waals surface area contributed by atoms with Crippen molar-refractivity contribution in [3.8, 4) is 5.75 Å². The number of carbonyl (C=O) groups is 2. The number of hydrogen-bond donors (Lipinski definition) is 2. The van der Waals surface area contributed by atoms with Gasteiger partial charge in [-0.15, -0.1) is 0 Å². The molecule has 0 aromatic heterocycles. The maximum Gasteiger partial charge on any atom is 0.251 e. The average molecular weight is 376 g/mol. The molecular weight excluding hydrogens is 342 g/mol. The number of amides is 2. The number of methoxy groups -OCH3 is 1. The zero-order valence-corrected chi connectivity index (χ0v) is 17.0. The van der Waals surface area contributed by atoms with Crippen molar-refractivity contribution in [1.82, 2.24) is 15.5 Å². The van der Waals surface area contributed by atoms with Crippen LogP contribution in [-0.2, 0) is 4.79 Å². The molecule has 2 N–H and O–H groups in total. The smallest absolute Gasteiger partial charge is 0.251 e. The van der Waals surface area contributed by atoms with E-state index in [1.54, 1.807) is 31.4 Å². The first-order chi connectivity index (χ1) is 12.9. The first kappa shape index (κ1) is 21.2. The van der Waals surface area contributed by atoms with Gasteiger partial charge in [0, 0.05) is 24.7 Å². The number of hydrogen-bond acceptors (Lipinski definition) is 4. The Bertz CT molecular complexity index is 616. The molecule has 1 fully saturated rings. The van der Waals surface area contributed by atoms with Crippen LogP contribution in [0.3, 0.4) is 0 Å². The second kappa shape index (κ2) is 10.3. The molecule has 2 unspecified atom stereocenters. The maximum atomic E-state index is 12.6. The van der Waals surface area contributed by atoms with Gasteiger partial charge in [-0.05, 0) is 56.5 Å². The van der Waals surface area contributed by atoms with Crippen molar-refractivity contribution in [3.63, 3.8) is 0 Å². The van der Waals surface area contributed by atoms with Crippen molar-refractivity contribution in [2.24, 2.45) is 5.92 Å². The zero-order valence-electron chi connectivity index (χ0n) is 17.0. The lowest BCUT2D eigenvalue weighted by molar-refractivity contribution is -0.124. The van der Waals surface area contributed by atoms with Gasteiger partial charge in [0.25, 0.3) is 5.91 Å². The number of nitrogens with zero attached hydrogens (tertiary/aromatic N) is 1. The zero-order chi connectivity index (χ0) is 19.8. The highest BCUT2D eigenvalue weighted by atomic mass is 16.5. The minimum Gasteiger partial charge on any atom is -0.497 e. The van der Waals surface area contributed by atoms with E-state index < -0.39 is 6.04 Å². The Morgan fingerprint density at radius 2 is 1.93 bits per heavy atom. The van der Waals surface area contributed by atoms with Crippen molar-refractivity contribution < 1.29 is 14.3 Å². The topological polar surface area (TPSA) is 70.7 Å². The summed E-state index contributed by atoms with van der Waals surface area (Å²) in [6, 6.07) is 6.88. The average Bonchev–Trinajstić information content (AvgIpc) is 2.67. The summed E-state index contributed by atoms with van der Waals surface area (Å²) in [5.74, 6) is 0.311. The fourth-order valence-corrected chi connectivity index (χ4v) is 3.42. The van der Waals surface area contributed by atoms with Crippen LogP contribution in [0.1, 0.15) is 50.4 Å². The molecule has 0 saturated carbocycles. The molecule has 0 radical (unpaired) electrons. The number of likely N-dealkylation sites (tertiary alicyclic amines) is 1. The van der Waals surface area contributed by atoms with E-state index in [9.17, 15) is 9.59 Å². The van der Waals surface area contributed by atoms with E-state index in [-0.39, 0.29) is 17.7 Å². The van der Waals surface area contributed by atoms with E-state index in [2.05, 4.69) is 22.5 Å². The largest absolute Gasteiger partial charge is 0.497 e. The van der Waals surface area contributed by atoms with E-state index in [4.69, 9.17) is 4.74 Å². The summed E-state index contributed by atoms with van der Waals surface area (Å²) >= 11 is 0. The van der Waals surface area contributed by atoms with Gasteiger partial charge < -0.3 is 15.4 Å². The highest BCUT2D eigenvalue weighted by Gasteiger charge is 2.25. The van der Waals surface area contributed by atoms with Crippen LogP contribution in [0.25, 0.3) is 0 Å². The molecule has 1 saturated heterocycles. The van der Waals surface area contributed by atoms with Gasteiger partial charge in [-0.25, -0.2) is 0 Å². The fraction of sp³-hybridized carbons (Fsp3) is 0.619. The number of nitrogens with one attached hydrogen (secondary N) is 2. The van der Waals surface area contributed by atoms with E-state index in [1.165, 1.54) is 19.3 Å². The third-order valence-electron chi connectivity index (χ3n) is 5.23. The maximum absolute atomic E-state index is 12.6. The van der Waals surface area contributed by atoms with Crippen LogP contribution in [0.2, 0.25) is 0 Å². The molecule has 2 amide bonds. The van der Waals surface area contributed by atoms with Gasteiger partial charge in [0.2, 0.25) is 5.91 Å². The SMILES string of the molecule is COc1ccc(C(=O)NC(C(=O)NCCN2CCCCC2C)C(C)C)cc1. The summed E-state index contributed by atoms with van der Waals surface area (Å²) in [5, 5.41) is 5.85. The Labute approximate surface area is 162 Å². The van der Waals surface area contributed by atoms with Crippen LogP contribution in [0.4, 0.5) is 0 Å². The lowest BCUT2D eigenvalue weighted by Gasteiger charge is -2.33. The number of ether oxygens (including phenoxy) is 1. The Morgan fingerprint density at radius 3 is 2.52 bits per heavy atom. The quantitative estimate of drug-likeness (QED) is 0.732. The highest BCUT2D eigenvalue weighted by Crippen LogP contribution is 2.15. The molecule has 0 spiro atoms. The number of piperidine rings is 1. The normalized spacial score (nSPS) is 18.8. The first-order valence-corrected chi connectivity index (χ1v) is 9.89. The molecule has 150 valence electrons. The fourth-order valence-electron chi connectivity index (χ4n) is 3.42. The standard InChI is InChI=1S/C21H33N3O3/c1-15(2)19(23-20(25)17-8-10-18(27-4)11-9-17)21(26)22-12-14-24-13-6-5-7-16(24)3/h8-11,15-16,19H,5-7,12-14H2,1-4H3,(H,22,26)(H,23,25). The van der Waals surface area contributed by atoms with Crippen LogP contribution in [0.15, 0.2) is 24.3 Å². The number of carbonyl (C=O) groups excluding carboxylic acids is 2. The van der Waals surface area contributed by atoms with Crippen LogP contribution in [0, 0.1) is 5.92 Å². The summed E-state index contributed by atoms with van der Waals surface area (Å²) in [6.07, 6.45) is 3.74. The van der Waals surface area contributed by atoms with Crippen molar-refractivity contribution >= 4 is 11.8 Å². The first-order valence-electron chi connectivity index (χ1n) is 9.89. The summed E-state index contributed by atoms with van der Waals surface area (Å²) < 4.78 is 5.11. The van der Waals surface area contributed by atoms with Crippen molar-refractivity contribution in [1.29, 1.82) is 0 Å². The molecule has 27 heavy (non-hydrogen) atoms. The lowest BCUT2D eigenvalue weighted by Crippen LogP contribution is -2.51. The van der Waals surface area contributed by atoms with Gasteiger partial charge in [0.1, 0.15) is 11.8 Å². The number of rotatable bonds is 8. The van der Waals surface area contributed by atoms with Gasteiger partial charge in [0.15, 0.2) is 0 Å². The van der Waals surface area contributed by atoms with Crippen LogP contribution in [0.5, 0.6) is 5.75 Å². The third kappa shape index (κ3) is 6.24. The minimum atomic E-state index is -0.557. The Morgan fingerprint density at radius 1 is 1.22 bits per heavy atom. The van der Waals surface area contributed by atoms with Gasteiger partial charge in [-0.2, -0.15) is 0 Å². The highest BCUT2D eigenvalue weighted by molar-refractivity contribution is 5.97. The van der Waals surface area contributed by atoms with E-state index in [0.29, 0.717) is 23.9 Å². The van der Waals surface area contributed by atoms with Gasteiger partial charge in [0.05, 0.1) is 7.11 Å². The third-order valence-corrected chi connectivity index (χ3v) is 5.23. The summed E-state index contributed by atoms with van der Waals surface area (Å²) in [5.41, 5.74) is 0.511. The number of benzene rings is 1. The predicted molar refractivity (Wildman–Crippen MR) is 107 cm³/mol. The molecular formula is C21H33N3O3. The molecule has 1 aliphatic rings. The Balaban J connectivity index is 1.87. The second-order valence-corrected chi connectivity index (χ2v) is 7.60. The summed E-state index contributed by atoms with van der Waals surface area (Å²) in [6.45, 7) is 8.66. The van der Waals surface area contributed by atoms with Gasteiger partial charge in [-0.1, -0.05) is 20.3 Å². The Kier molecular flexibility index (Phi) is 8.10. The molecule has 2 rings (SSSR count). The van der Waals surface area contributed by atoms with Crippen LogP contribution >= 0.6 is 0 Å². The van der Waals surface area contributed by atoms with Crippen molar-refractivity contribution in [2.45, 2.75) is 52.1 Å². The minimum absolute atomic E-state index is 0.00103. The van der Waals surface area contributed by atoms with Crippen LogP contribution in [-0.4, -0.2) is 55.5 Å². The molecule has 0 bridgehead atoms. The van der Waals surface area contributed by atoms with E-state index in [1.807, 2.05) is 13.8 Å². The molecule has 1 heterocycles. The monoisotopic (exact) mass is 375 g/mol. The molecule has 0 aliphatic carbocycles. The molecule has 1 aromatic carbocycles. The van der Waals surface area contributed by atoms with Crippen LogP contribution < -0.4 is 15.4 Å². The van der Waals surface area contributed by atoms with Gasteiger partial charge >= 0.3 is 0 Å². The summed E-state index contributed by atoms with van der Waals surface area (Å²) in [7, 11) is 1.58. The summed E-state index contributed by atoms with van der Waals surface area (Å²) in [4.78, 5) is 27.5. The van der Waals surface area contributed by atoms with Crippen molar-refractivity contribution in [3.05, 3.63) is 29.8 Å². The molecule has 2 atom stereocenters. The van der Waals surface area contributed by atoms with E-state index >= 15 is 0 Å². The van der Waals surface area contributed by atoms with Gasteiger partial charge in [-0.3, -0.25) is 14.5 Å². The molecule has 6 heteroatoms. The van der Waals surface area contributed by atoms with E-state index in [0.717, 1.165) is 13.1 Å².